The van der Waals surface area contributed by atoms with E-state index in [1.165, 1.54) is 0 Å². The summed E-state index contributed by atoms with van der Waals surface area (Å²) in [6, 6.07) is 0. The lowest BCUT2D eigenvalue weighted by atomic mass is 9.79. The molecule has 0 aliphatic heterocycles. The van der Waals surface area contributed by atoms with E-state index in [1.54, 1.807) is 0 Å². The van der Waals surface area contributed by atoms with Crippen LogP contribution in [0.2, 0.25) is 0 Å². The third kappa shape index (κ3) is 4.73. The van der Waals surface area contributed by atoms with Crippen molar-refractivity contribution in [3.63, 3.8) is 0 Å². The molecule has 6 nitrogen and oxygen atoms in total. The largest absolute Gasteiger partial charge is 0.481 e. The van der Waals surface area contributed by atoms with E-state index in [9.17, 15) is 14.4 Å². The van der Waals surface area contributed by atoms with Crippen LogP contribution >= 0.6 is 0 Å². The zero-order valence-corrected chi connectivity index (χ0v) is 10.7. The van der Waals surface area contributed by atoms with E-state index in [-0.39, 0.29) is 13.2 Å². The Bertz CT molecular complexity index is 362. The monoisotopic (exact) mass is 270 g/mol. The lowest BCUT2D eigenvalue weighted by molar-refractivity contribution is -0.161. The van der Waals surface area contributed by atoms with Crippen molar-refractivity contribution in [3.05, 3.63) is 12.7 Å². The average molecular weight is 270 g/mol. The third-order valence-corrected chi connectivity index (χ3v) is 3.12. The number of hydrogen-bond donors (Lipinski definition) is 1. The summed E-state index contributed by atoms with van der Waals surface area (Å²) in [5.41, 5.74) is 0. The number of carbonyl (C=O) groups excluding carboxylic acids is 2. The fourth-order valence-electron chi connectivity index (χ4n) is 2.16. The summed E-state index contributed by atoms with van der Waals surface area (Å²) in [6.45, 7) is 3.11. The number of aliphatic carboxylic acids is 1. The summed E-state index contributed by atoms with van der Waals surface area (Å²) in [4.78, 5) is 33.6. The van der Waals surface area contributed by atoms with Crippen LogP contribution in [-0.2, 0) is 23.9 Å². The molecular weight excluding hydrogens is 252 g/mol. The highest BCUT2D eigenvalue weighted by atomic mass is 16.6. The zero-order valence-electron chi connectivity index (χ0n) is 10.7. The summed E-state index contributed by atoms with van der Waals surface area (Å²) in [5.74, 6) is -3.34. The Morgan fingerprint density at radius 1 is 1.11 bits per heavy atom. The molecule has 1 saturated carbocycles. The van der Waals surface area contributed by atoms with Gasteiger partial charge >= 0.3 is 17.9 Å². The van der Waals surface area contributed by atoms with Crippen molar-refractivity contribution in [2.45, 2.75) is 25.7 Å². The van der Waals surface area contributed by atoms with Gasteiger partial charge in [-0.2, -0.15) is 0 Å². The summed E-state index contributed by atoms with van der Waals surface area (Å²) >= 11 is 0. The first-order chi connectivity index (χ1) is 9.06. The van der Waals surface area contributed by atoms with Crippen LogP contribution in [-0.4, -0.2) is 36.2 Å². The molecule has 6 heteroatoms. The van der Waals surface area contributed by atoms with Crippen LogP contribution in [0.25, 0.3) is 0 Å². The molecule has 0 saturated heterocycles. The van der Waals surface area contributed by atoms with Crippen molar-refractivity contribution < 1.29 is 29.0 Å². The quantitative estimate of drug-likeness (QED) is 0.442. The van der Waals surface area contributed by atoms with Crippen LogP contribution in [0.1, 0.15) is 25.7 Å². The van der Waals surface area contributed by atoms with Gasteiger partial charge < -0.3 is 14.6 Å². The van der Waals surface area contributed by atoms with Gasteiger partial charge in [-0.15, -0.1) is 0 Å². The van der Waals surface area contributed by atoms with Gasteiger partial charge in [0.05, 0.1) is 11.8 Å². The predicted octanol–water partition coefficient (Wildman–Crippen LogP) is 1.15. The number of carboxylic acid groups (broad SMARTS) is 1. The molecule has 1 aliphatic carbocycles. The Kier molecular flexibility index (Phi) is 6.05. The van der Waals surface area contributed by atoms with E-state index in [0.717, 1.165) is 18.9 Å². The fraction of sp³-hybridized carbons (Fsp3) is 0.615. The zero-order chi connectivity index (χ0) is 14.3. The standard InChI is InChI=1S/C13H18O6/c1-2-11(14)18-7-8-19-13(17)10-6-4-3-5-9(10)12(15)16/h2,9-10H,1,3-8H2,(H,15,16)/t9-,10?/m0/s1. The normalized spacial score (nSPS) is 22.3. The Labute approximate surface area is 111 Å². The minimum absolute atomic E-state index is 0.0545. The number of carbonyl (C=O) groups is 3. The van der Waals surface area contributed by atoms with E-state index >= 15 is 0 Å². The maximum atomic E-state index is 11.8. The van der Waals surface area contributed by atoms with Crippen LogP contribution in [0.15, 0.2) is 12.7 Å². The molecule has 19 heavy (non-hydrogen) atoms. The highest BCUT2D eigenvalue weighted by Gasteiger charge is 2.36. The minimum Gasteiger partial charge on any atom is -0.481 e. The Morgan fingerprint density at radius 2 is 1.68 bits per heavy atom. The van der Waals surface area contributed by atoms with E-state index in [2.05, 4.69) is 11.3 Å². The van der Waals surface area contributed by atoms with Crippen LogP contribution in [0.4, 0.5) is 0 Å². The predicted molar refractivity (Wildman–Crippen MR) is 65.2 cm³/mol. The van der Waals surface area contributed by atoms with Gasteiger partial charge in [0.15, 0.2) is 0 Å². The Morgan fingerprint density at radius 3 is 2.26 bits per heavy atom. The minimum atomic E-state index is -0.959. The Hall–Kier alpha value is -1.85. The lowest BCUT2D eigenvalue weighted by Crippen LogP contribution is -2.34. The summed E-state index contributed by atoms with van der Waals surface area (Å²) in [7, 11) is 0. The van der Waals surface area contributed by atoms with Crippen molar-refractivity contribution in [3.8, 4) is 0 Å². The maximum Gasteiger partial charge on any atom is 0.330 e. The second kappa shape index (κ2) is 7.56. The molecule has 0 bridgehead atoms. The molecule has 0 aromatic rings. The summed E-state index contributed by atoms with van der Waals surface area (Å²) in [5, 5.41) is 9.05. The third-order valence-electron chi connectivity index (χ3n) is 3.12. The van der Waals surface area contributed by atoms with E-state index in [1.807, 2.05) is 0 Å². The second-order valence-corrected chi connectivity index (χ2v) is 4.37. The van der Waals surface area contributed by atoms with Crippen molar-refractivity contribution in [1.82, 2.24) is 0 Å². The van der Waals surface area contributed by atoms with E-state index in [4.69, 9.17) is 9.84 Å². The smallest absolute Gasteiger partial charge is 0.330 e. The number of ether oxygens (including phenoxy) is 2. The van der Waals surface area contributed by atoms with Gasteiger partial charge in [0.1, 0.15) is 13.2 Å². The molecule has 1 aliphatic rings. The molecule has 0 aromatic carbocycles. The number of hydrogen-bond acceptors (Lipinski definition) is 5. The molecule has 2 atom stereocenters. The lowest BCUT2D eigenvalue weighted by Gasteiger charge is -2.26. The maximum absolute atomic E-state index is 11.8. The molecule has 1 rings (SSSR count). The summed E-state index contributed by atoms with van der Waals surface area (Å²) < 4.78 is 9.60. The van der Waals surface area contributed by atoms with Gasteiger partial charge in [0.2, 0.25) is 0 Å². The van der Waals surface area contributed by atoms with Crippen molar-refractivity contribution >= 4 is 17.9 Å². The van der Waals surface area contributed by atoms with Gasteiger partial charge in [-0.3, -0.25) is 9.59 Å². The highest BCUT2D eigenvalue weighted by molar-refractivity contribution is 5.82. The number of esters is 2. The first kappa shape index (κ1) is 15.2. The molecule has 1 fully saturated rings. The molecule has 1 N–H and O–H groups in total. The van der Waals surface area contributed by atoms with Gasteiger partial charge in [-0.05, 0) is 12.8 Å². The van der Waals surface area contributed by atoms with Crippen LogP contribution < -0.4 is 0 Å². The van der Waals surface area contributed by atoms with Crippen LogP contribution in [0.3, 0.4) is 0 Å². The first-order valence-corrected chi connectivity index (χ1v) is 6.25. The van der Waals surface area contributed by atoms with E-state index in [0.29, 0.717) is 12.8 Å². The van der Waals surface area contributed by atoms with Crippen molar-refractivity contribution in [1.29, 1.82) is 0 Å². The SMILES string of the molecule is C=CC(=O)OCCOC(=O)C1CCCC[C@@H]1C(=O)O. The summed E-state index contributed by atoms with van der Waals surface area (Å²) in [6.07, 6.45) is 3.69. The number of carboxylic acids is 1. The van der Waals surface area contributed by atoms with Crippen LogP contribution in [0, 0.1) is 11.8 Å². The second-order valence-electron chi connectivity index (χ2n) is 4.37. The van der Waals surface area contributed by atoms with Gasteiger partial charge in [-0.25, -0.2) is 4.79 Å². The number of rotatable bonds is 6. The first-order valence-electron chi connectivity index (χ1n) is 6.25. The van der Waals surface area contributed by atoms with E-state index < -0.39 is 29.7 Å². The molecule has 0 amide bonds. The Balaban J connectivity index is 2.36. The molecule has 0 aromatic heterocycles. The molecule has 106 valence electrons. The topological polar surface area (TPSA) is 89.9 Å². The fourth-order valence-corrected chi connectivity index (χ4v) is 2.16. The highest BCUT2D eigenvalue weighted by Crippen LogP contribution is 2.31. The molecule has 0 radical (unpaired) electrons. The molecule has 0 heterocycles. The van der Waals surface area contributed by atoms with Crippen molar-refractivity contribution in [2.24, 2.45) is 11.8 Å². The molecular formula is C13H18O6. The van der Waals surface area contributed by atoms with Gasteiger partial charge in [0, 0.05) is 6.08 Å². The molecule has 0 spiro atoms. The van der Waals surface area contributed by atoms with Crippen molar-refractivity contribution in [2.75, 3.05) is 13.2 Å². The van der Waals surface area contributed by atoms with Crippen LogP contribution in [0.5, 0.6) is 0 Å². The van der Waals surface area contributed by atoms with Gasteiger partial charge in [-0.1, -0.05) is 19.4 Å². The van der Waals surface area contributed by atoms with Gasteiger partial charge in [0.25, 0.3) is 0 Å². The molecule has 1 unspecified atom stereocenters. The average Bonchev–Trinajstić information content (AvgIpc) is 2.42.